The summed E-state index contributed by atoms with van der Waals surface area (Å²) < 4.78 is 2.26. The molecular formula is C9H8BrN5O. The van der Waals surface area contributed by atoms with E-state index in [2.05, 4.69) is 36.8 Å². The van der Waals surface area contributed by atoms with E-state index in [1.165, 1.54) is 11.0 Å². The van der Waals surface area contributed by atoms with Crippen LogP contribution in [-0.2, 0) is 11.3 Å². The van der Waals surface area contributed by atoms with Crippen LogP contribution >= 0.6 is 15.9 Å². The average Bonchev–Trinajstić information content (AvgIpc) is 2.70. The average molecular weight is 282 g/mol. The Morgan fingerprint density at radius 1 is 1.50 bits per heavy atom. The molecule has 0 aliphatic heterocycles. The van der Waals surface area contributed by atoms with Gasteiger partial charge in [-0.3, -0.25) is 4.79 Å². The Bertz CT molecular complexity index is 484. The first-order valence-electron chi connectivity index (χ1n) is 4.50. The number of tetrazole rings is 1. The van der Waals surface area contributed by atoms with Crippen LogP contribution in [0.1, 0.15) is 0 Å². The summed E-state index contributed by atoms with van der Waals surface area (Å²) in [6.45, 7) is 0.0967. The van der Waals surface area contributed by atoms with Crippen LogP contribution < -0.4 is 5.32 Å². The number of carbonyl (C=O) groups is 1. The number of carbonyl (C=O) groups excluding carboxylic acids is 1. The van der Waals surface area contributed by atoms with Crippen molar-refractivity contribution in [3.63, 3.8) is 0 Å². The molecule has 0 atom stereocenters. The molecule has 1 heterocycles. The van der Waals surface area contributed by atoms with Crippen LogP contribution in [0.2, 0.25) is 0 Å². The summed E-state index contributed by atoms with van der Waals surface area (Å²) in [5, 5.41) is 13.2. The summed E-state index contributed by atoms with van der Waals surface area (Å²) in [6.07, 6.45) is 1.39. The molecule has 16 heavy (non-hydrogen) atoms. The highest BCUT2D eigenvalue weighted by Gasteiger charge is 2.04. The van der Waals surface area contributed by atoms with Crippen molar-refractivity contribution in [2.24, 2.45) is 0 Å². The van der Waals surface area contributed by atoms with E-state index in [9.17, 15) is 4.79 Å². The highest BCUT2D eigenvalue weighted by atomic mass is 79.9. The van der Waals surface area contributed by atoms with E-state index < -0.39 is 0 Å². The highest BCUT2D eigenvalue weighted by Crippen LogP contribution is 2.15. The van der Waals surface area contributed by atoms with Gasteiger partial charge in [-0.05, 0) is 28.6 Å². The molecule has 0 spiro atoms. The lowest BCUT2D eigenvalue weighted by Crippen LogP contribution is -2.19. The summed E-state index contributed by atoms with van der Waals surface area (Å²) >= 11 is 3.32. The van der Waals surface area contributed by atoms with Crippen molar-refractivity contribution in [2.45, 2.75) is 6.54 Å². The van der Waals surface area contributed by atoms with Crippen molar-refractivity contribution in [3.8, 4) is 0 Å². The second-order valence-corrected chi connectivity index (χ2v) is 3.98. The lowest BCUT2D eigenvalue weighted by molar-refractivity contribution is -0.116. The van der Waals surface area contributed by atoms with Gasteiger partial charge in [0.25, 0.3) is 0 Å². The third kappa shape index (κ3) is 2.86. The third-order valence-corrected chi connectivity index (χ3v) is 2.30. The van der Waals surface area contributed by atoms with Gasteiger partial charge in [-0.15, -0.1) is 5.10 Å². The minimum atomic E-state index is -0.176. The van der Waals surface area contributed by atoms with Gasteiger partial charge in [-0.1, -0.05) is 22.0 Å². The van der Waals surface area contributed by atoms with Crippen molar-refractivity contribution < 1.29 is 4.79 Å². The van der Waals surface area contributed by atoms with E-state index in [0.29, 0.717) is 0 Å². The molecule has 6 nitrogen and oxygen atoms in total. The SMILES string of the molecule is O=C(Cn1cnnn1)Nc1cccc(Br)c1. The second-order valence-electron chi connectivity index (χ2n) is 3.07. The molecule has 1 amide bonds. The molecule has 2 aromatic rings. The molecular weight excluding hydrogens is 274 g/mol. The van der Waals surface area contributed by atoms with E-state index in [-0.39, 0.29) is 12.5 Å². The summed E-state index contributed by atoms with van der Waals surface area (Å²) in [6, 6.07) is 7.35. The van der Waals surface area contributed by atoms with Gasteiger partial charge in [0.15, 0.2) is 0 Å². The van der Waals surface area contributed by atoms with Crippen LogP contribution in [-0.4, -0.2) is 26.1 Å². The first-order chi connectivity index (χ1) is 7.74. The molecule has 0 radical (unpaired) electrons. The second kappa shape index (κ2) is 4.84. The molecule has 0 saturated heterocycles. The minimum Gasteiger partial charge on any atom is -0.324 e. The van der Waals surface area contributed by atoms with E-state index in [1.54, 1.807) is 0 Å². The van der Waals surface area contributed by atoms with Gasteiger partial charge < -0.3 is 5.32 Å². The van der Waals surface area contributed by atoms with Gasteiger partial charge in [-0.2, -0.15) is 0 Å². The van der Waals surface area contributed by atoms with E-state index in [4.69, 9.17) is 0 Å². The zero-order chi connectivity index (χ0) is 11.4. The van der Waals surface area contributed by atoms with Gasteiger partial charge in [0.2, 0.25) is 5.91 Å². The fraction of sp³-hybridized carbons (Fsp3) is 0.111. The zero-order valence-corrected chi connectivity index (χ0v) is 9.75. The monoisotopic (exact) mass is 281 g/mol. The Hall–Kier alpha value is -1.76. The quantitative estimate of drug-likeness (QED) is 0.914. The van der Waals surface area contributed by atoms with Crippen LogP contribution in [0, 0.1) is 0 Å². The number of amides is 1. The number of benzene rings is 1. The highest BCUT2D eigenvalue weighted by molar-refractivity contribution is 9.10. The maximum Gasteiger partial charge on any atom is 0.246 e. The number of nitrogens with zero attached hydrogens (tertiary/aromatic N) is 4. The number of nitrogens with one attached hydrogen (secondary N) is 1. The molecule has 0 bridgehead atoms. The lowest BCUT2D eigenvalue weighted by atomic mass is 10.3. The molecule has 1 N–H and O–H groups in total. The fourth-order valence-electron chi connectivity index (χ4n) is 1.17. The predicted octanol–water partition coefficient (Wildman–Crippen LogP) is 1.07. The zero-order valence-electron chi connectivity index (χ0n) is 8.17. The fourth-order valence-corrected chi connectivity index (χ4v) is 1.57. The molecule has 0 saturated carbocycles. The largest absolute Gasteiger partial charge is 0.324 e. The van der Waals surface area contributed by atoms with Gasteiger partial charge in [0.05, 0.1) is 0 Å². The molecule has 0 unspecified atom stereocenters. The van der Waals surface area contributed by atoms with E-state index >= 15 is 0 Å². The molecule has 1 aromatic carbocycles. The van der Waals surface area contributed by atoms with Crippen LogP contribution in [0.4, 0.5) is 5.69 Å². The smallest absolute Gasteiger partial charge is 0.246 e. The first kappa shape index (κ1) is 10.7. The predicted molar refractivity (Wildman–Crippen MR) is 60.6 cm³/mol. The Kier molecular flexibility index (Phi) is 3.25. The van der Waals surface area contributed by atoms with Gasteiger partial charge in [0.1, 0.15) is 12.9 Å². The van der Waals surface area contributed by atoms with Gasteiger partial charge >= 0.3 is 0 Å². The van der Waals surface area contributed by atoms with Crippen molar-refractivity contribution in [1.29, 1.82) is 0 Å². The van der Waals surface area contributed by atoms with Gasteiger partial charge in [0, 0.05) is 10.2 Å². The Balaban J connectivity index is 1.97. The van der Waals surface area contributed by atoms with Crippen molar-refractivity contribution in [2.75, 3.05) is 5.32 Å². The molecule has 82 valence electrons. The maximum atomic E-state index is 11.5. The molecule has 2 rings (SSSR count). The van der Waals surface area contributed by atoms with E-state index in [0.717, 1.165) is 10.2 Å². The molecule has 0 aliphatic carbocycles. The van der Waals surface area contributed by atoms with Crippen molar-refractivity contribution in [1.82, 2.24) is 20.2 Å². The summed E-state index contributed by atoms with van der Waals surface area (Å²) in [7, 11) is 0. The Morgan fingerprint density at radius 3 is 3.06 bits per heavy atom. The number of hydrogen-bond donors (Lipinski definition) is 1. The van der Waals surface area contributed by atoms with Crippen LogP contribution in [0.25, 0.3) is 0 Å². The Labute approximate surface area is 99.8 Å². The number of hydrogen-bond acceptors (Lipinski definition) is 4. The van der Waals surface area contributed by atoms with Crippen LogP contribution in [0.3, 0.4) is 0 Å². The summed E-state index contributed by atoms with van der Waals surface area (Å²) in [4.78, 5) is 11.5. The van der Waals surface area contributed by atoms with Crippen LogP contribution in [0.5, 0.6) is 0 Å². The standard InChI is InChI=1S/C9H8BrN5O/c10-7-2-1-3-8(4-7)12-9(16)5-15-6-11-13-14-15/h1-4,6H,5H2,(H,12,16). The number of halogens is 1. The van der Waals surface area contributed by atoms with Gasteiger partial charge in [-0.25, -0.2) is 4.68 Å². The molecule has 7 heteroatoms. The molecule has 0 fully saturated rings. The molecule has 1 aromatic heterocycles. The lowest BCUT2D eigenvalue weighted by Gasteiger charge is -2.04. The number of anilines is 1. The first-order valence-corrected chi connectivity index (χ1v) is 5.29. The maximum absolute atomic E-state index is 11.5. The minimum absolute atomic E-state index is 0.0967. The van der Waals surface area contributed by atoms with Crippen LogP contribution in [0.15, 0.2) is 35.1 Å². The number of rotatable bonds is 3. The molecule has 0 aliphatic rings. The summed E-state index contributed by atoms with van der Waals surface area (Å²) in [5.41, 5.74) is 0.729. The van der Waals surface area contributed by atoms with Crippen molar-refractivity contribution >= 4 is 27.5 Å². The third-order valence-electron chi connectivity index (χ3n) is 1.81. The Morgan fingerprint density at radius 2 is 2.38 bits per heavy atom. The van der Waals surface area contributed by atoms with Crippen molar-refractivity contribution in [3.05, 3.63) is 35.1 Å². The van der Waals surface area contributed by atoms with E-state index in [1.807, 2.05) is 24.3 Å². The number of aromatic nitrogens is 4. The topological polar surface area (TPSA) is 72.7 Å². The summed E-state index contributed by atoms with van der Waals surface area (Å²) in [5.74, 6) is -0.176. The normalized spacial score (nSPS) is 10.1.